The SMILES string of the molecule is COCCNC(=O)C1NCCc2ccccc21. The first-order valence-corrected chi connectivity index (χ1v) is 5.91. The molecule has 1 aromatic carbocycles. The van der Waals surface area contributed by atoms with Gasteiger partial charge in [-0.25, -0.2) is 0 Å². The zero-order valence-electron chi connectivity index (χ0n) is 10.0. The van der Waals surface area contributed by atoms with Crippen LogP contribution in [0.25, 0.3) is 0 Å². The smallest absolute Gasteiger partial charge is 0.241 e. The summed E-state index contributed by atoms with van der Waals surface area (Å²) in [6.07, 6.45) is 0.984. The molecule has 1 aromatic rings. The van der Waals surface area contributed by atoms with E-state index in [9.17, 15) is 4.79 Å². The minimum Gasteiger partial charge on any atom is -0.383 e. The summed E-state index contributed by atoms with van der Waals surface area (Å²) in [7, 11) is 1.63. The number of benzene rings is 1. The summed E-state index contributed by atoms with van der Waals surface area (Å²) in [5.41, 5.74) is 2.35. The number of fused-ring (bicyclic) bond motifs is 1. The Balaban J connectivity index is 2.05. The molecule has 1 aliphatic rings. The largest absolute Gasteiger partial charge is 0.383 e. The molecule has 0 spiro atoms. The lowest BCUT2D eigenvalue weighted by atomic mass is 9.94. The van der Waals surface area contributed by atoms with Gasteiger partial charge in [0, 0.05) is 20.2 Å². The van der Waals surface area contributed by atoms with Crippen LogP contribution in [-0.2, 0) is 16.0 Å². The minimum absolute atomic E-state index is 0.0224. The Hall–Kier alpha value is -1.39. The number of nitrogens with one attached hydrogen (secondary N) is 2. The fourth-order valence-electron chi connectivity index (χ4n) is 2.12. The van der Waals surface area contributed by atoms with Crippen molar-refractivity contribution in [2.45, 2.75) is 12.5 Å². The van der Waals surface area contributed by atoms with E-state index in [4.69, 9.17) is 4.74 Å². The predicted molar refractivity (Wildman–Crippen MR) is 65.8 cm³/mol. The van der Waals surface area contributed by atoms with Gasteiger partial charge < -0.3 is 15.4 Å². The van der Waals surface area contributed by atoms with Crippen LogP contribution < -0.4 is 10.6 Å². The highest BCUT2D eigenvalue weighted by molar-refractivity contribution is 5.83. The first-order valence-electron chi connectivity index (χ1n) is 5.91. The van der Waals surface area contributed by atoms with E-state index in [1.54, 1.807) is 7.11 Å². The van der Waals surface area contributed by atoms with Crippen LogP contribution >= 0.6 is 0 Å². The van der Waals surface area contributed by atoms with E-state index in [0.29, 0.717) is 13.2 Å². The van der Waals surface area contributed by atoms with Crippen molar-refractivity contribution in [3.8, 4) is 0 Å². The third kappa shape index (κ3) is 2.84. The Bertz CT molecular complexity index is 393. The third-order valence-corrected chi connectivity index (χ3v) is 2.98. The highest BCUT2D eigenvalue weighted by Crippen LogP contribution is 2.22. The molecular weight excluding hydrogens is 216 g/mol. The number of carbonyl (C=O) groups excluding carboxylic acids is 1. The maximum Gasteiger partial charge on any atom is 0.241 e. The van der Waals surface area contributed by atoms with Crippen molar-refractivity contribution in [2.24, 2.45) is 0 Å². The summed E-state index contributed by atoms with van der Waals surface area (Å²) in [5.74, 6) is 0.0224. The molecule has 0 aromatic heterocycles. The van der Waals surface area contributed by atoms with Gasteiger partial charge in [-0.2, -0.15) is 0 Å². The molecular formula is C13H18N2O2. The second-order valence-corrected chi connectivity index (χ2v) is 4.12. The molecule has 1 unspecified atom stereocenters. The Labute approximate surface area is 101 Å². The Morgan fingerprint density at radius 1 is 1.53 bits per heavy atom. The van der Waals surface area contributed by atoms with Crippen LogP contribution in [0.15, 0.2) is 24.3 Å². The quantitative estimate of drug-likeness (QED) is 0.752. The topological polar surface area (TPSA) is 50.4 Å². The fourth-order valence-corrected chi connectivity index (χ4v) is 2.12. The molecule has 1 aliphatic heterocycles. The molecule has 17 heavy (non-hydrogen) atoms. The van der Waals surface area contributed by atoms with Crippen molar-refractivity contribution >= 4 is 5.91 Å². The lowest BCUT2D eigenvalue weighted by molar-refractivity contribution is -0.123. The molecule has 1 heterocycles. The van der Waals surface area contributed by atoms with Crippen LogP contribution in [0, 0.1) is 0 Å². The van der Waals surface area contributed by atoms with Gasteiger partial charge >= 0.3 is 0 Å². The highest BCUT2D eigenvalue weighted by atomic mass is 16.5. The molecule has 1 amide bonds. The average molecular weight is 234 g/mol. The molecule has 4 heteroatoms. The van der Waals surface area contributed by atoms with E-state index in [0.717, 1.165) is 18.5 Å². The van der Waals surface area contributed by atoms with Crippen molar-refractivity contribution in [3.63, 3.8) is 0 Å². The monoisotopic (exact) mass is 234 g/mol. The van der Waals surface area contributed by atoms with E-state index in [1.165, 1.54) is 5.56 Å². The standard InChI is InChI=1S/C13H18N2O2/c1-17-9-8-15-13(16)12-11-5-3-2-4-10(11)6-7-14-12/h2-5,12,14H,6-9H2,1H3,(H,15,16). The summed E-state index contributed by atoms with van der Waals surface area (Å²) in [4.78, 5) is 12.0. The third-order valence-electron chi connectivity index (χ3n) is 2.98. The molecule has 0 saturated carbocycles. The zero-order valence-corrected chi connectivity index (χ0v) is 10.0. The maximum absolute atomic E-state index is 12.0. The number of rotatable bonds is 4. The van der Waals surface area contributed by atoms with Crippen molar-refractivity contribution in [1.82, 2.24) is 10.6 Å². The van der Waals surface area contributed by atoms with Gasteiger partial charge in [0.2, 0.25) is 5.91 Å². The molecule has 0 bridgehead atoms. The average Bonchev–Trinajstić information content (AvgIpc) is 2.38. The molecule has 0 fully saturated rings. The van der Waals surface area contributed by atoms with Crippen molar-refractivity contribution < 1.29 is 9.53 Å². The molecule has 92 valence electrons. The lowest BCUT2D eigenvalue weighted by Crippen LogP contribution is -2.42. The number of hydrogen-bond acceptors (Lipinski definition) is 3. The molecule has 0 aliphatic carbocycles. The first-order chi connectivity index (χ1) is 8.33. The van der Waals surface area contributed by atoms with E-state index in [1.807, 2.05) is 18.2 Å². The van der Waals surface area contributed by atoms with Gasteiger partial charge in [0.15, 0.2) is 0 Å². The second-order valence-electron chi connectivity index (χ2n) is 4.12. The molecule has 1 atom stereocenters. The molecule has 0 saturated heterocycles. The van der Waals surface area contributed by atoms with E-state index < -0.39 is 0 Å². The van der Waals surface area contributed by atoms with Crippen LogP contribution in [0.4, 0.5) is 0 Å². The molecule has 4 nitrogen and oxygen atoms in total. The van der Waals surface area contributed by atoms with Crippen molar-refractivity contribution in [3.05, 3.63) is 35.4 Å². The summed E-state index contributed by atoms with van der Waals surface area (Å²) >= 11 is 0. The molecule has 2 N–H and O–H groups in total. The number of hydrogen-bond donors (Lipinski definition) is 2. The van der Waals surface area contributed by atoms with Crippen LogP contribution in [-0.4, -0.2) is 32.7 Å². The number of carbonyl (C=O) groups is 1. The Morgan fingerprint density at radius 2 is 2.35 bits per heavy atom. The predicted octanol–water partition coefficient (Wildman–Crippen LogP) is 0.636. The summed E-state index contributed by atoms with van der Waals surface area (Å²) in [5, 5.41) is 6.12. The van der Waals surface area contributed by atoms with Gasteiger partial charge in [-0.05, 0) is 17.5 Å². The number of ether oxygens (including phenoxy) is 1. The van der Waals surface area contributed by atoms with Gasteiger partial charge in [-0.15, -0.1) is 0 Å². The fraction of sp³-hybridized carbons (Fsp3) is 0.462. The van der Waals surface area contributed by atoms with Gasteiger partial charge in [-0.3, -0.25) is 4.79 Å². The van der Waals surface area contributed by atoms with Gasteiger partial charge in [0.05, 0.1) is 6.61 Å². The van der Waals surface area contributed by atoms with Gasteiger partial charge in [0.1, 0.15) is 6.04 Å². The van der Waals surface area contributed by atoms with Gasteiger partial charge in [-0.1, -0.05) is 24.3 Å². The Morgan fingerprint density at radius 3 is 3.18 bits per heavy atom. The second kappa shape index (κ2) is 5.80. The minimum atomic E-state index is -0.225. The van der Waals surface area contributed by atoms with E-state index in [-0.39, 0.29) is 11.9 Å². The first kappa shape index (κ1) is 12.1. The highest BCUT2D eigenvalue weighted by Gasteiger charge is 2.25. The normalized spacial score (nSPS) is 18.5. The van der Waals surface area contributed by atoms with Crippen LogP contribution in [0.2, 0.25) is 0 Å². The van der Waals surface area contributed by atoms with Crippen LogP contribution in [0.5, 0.6) is 0 Å². The summed E-state index contributed by atoms with van der Waals surface area (Å²) in [6.45, 7) is 1.94. The van der Waals surface area contributed by atoms with Crippen molar-refractivity contribution in [1.29, 1.82) is 0 Å². The maximum atomic E-state index is 12.0. The van der Waals surface area contributed by atoms with Crippen LogP contribution in [0.3, 0.4) is 0 Å². The number of methoxy groups -OCH3 is 1. The number of amides is 1. The van der Waals surface area contributed by atoms with Crippen molar-refractivity contribution in [2.75, 3.05) is 26.8 Å². The van der Waals surface area contributed by atoms with E-state index >= 15 is 0 Å². The summed E-state index contributed by atoms with van der Waals surface area (Å²) < 4.78 is 4.91. The lowest BCUT2D eigenvalue weighted by Gasteiger charge is -2.25. The zero-order chi connectivity index (χ0) is 12.1. The molecule has 2 rings (SSSR count). The van der Waals surface area contributed by atoms with Crippen LogP contribution in [0.1, 0.15) is 17.2 Å². The Kier molecular flexibility index (Phi) is 4.12. The van der Waals surface area contributed by atoms with Gasteiger partial charge in [0.25, 0.3) is 0 Å². The summed E-state index contributed by atoms with van der Waals surface area (Å²) in [6, 6.07) is 7.87. The molecule has 0 radical (unpaired) electrons. The van der Waals surface area contributed by atoms with E-state index in [2.05, 4.69) is 16.7 Å².